The first-order valence-electron chi connectivity index (χ1n) is 21.3. The molecule has 0 fully saturated rings. The van der Waals surface area contributed by atoms with Crippen LogP contribution in [-0.2, 0) is 0 Å². The van der Waals surface area contributed by atoms with Crippen LogP contribution in [0, 0.1) is 0 Å². The van der Waals surface area contributed by atoms with Crippen LogP contribution >= 0.6 is 0 Å². The predicted molar refractivity (Wildman–Crippen MR) is 260 cm³/mol. The molecule has 0 aliphatic heterocycles. The Bertz CT molecular complexity index is 3840. The van der Waals surface area contributed by atoms with Gasteiger partial charge in [0, 0.05) is 49.1 Å². The van der Waals surface area contributed by atoms with Crippen molar-refractivity contribution in [2.45, 2.75) is 0 Å². The average molecular weight is 805 g/mol. The number of para-hydroxylation sites is 3. The fourth-order valence-electron chi connectivity index (χ4n) is 9.66. The molecule has 4 heterocycles. The molecule has 0 radical (unpaired) electrons. The van der Waals surface area contributed by atoms with Crippen molar-refractivity contribution in [3.63, 3.8) is 0 Å². The molecule has 0 N–H and O–H groups in total. The minimum Gasteiger partial charge on any atom is -0.456 e. The maximum absolute atomic E-state index is 6.58. The van der Waals surface area contributed by atoms with Crippen LogP contribution in [0.4, 0.5) is 0 Å². The molecule has 0 saturated heterocycles. The molecule has 4 aromatic heterocycles. The molecule has 0 amide bonds. The molecular formula is C58H36N4O. The van der Waals surface area contributed by atoms with E-state index in [4.69, 9.17) is 14.4 Å². The minimum absolute atomic E-state index is 0.632. The van der Waals surface area contributed by atoms with E-state index in [0.717, 1.165) is 94.2 Å². The predicted octanol–water partition coefficient (Wildman–Crippen LogP) is 15.2. The Morgan fingerprint density at radius 1 is 0.317 bits per heavy atom. The summed E-state index contributed by atoms with van der Waals surface area (Å²) in [7, 11) is 0. The van der Waals surface area contributed by atoms with E-state index in [1.165, 1.54) is 21.8 Å². The van der Waals surface area contributed by atoms with Gasteiger partial charge in [-0.3, -0.25) is 4.57 Å². The largest absolute Gasteiger partial charge is 0.456 e. The third-order valence-electron chi connectivity index (χ3n) is 12.6. The van der Waals surface area contributed by atoms with Gasteiger partial charge in [0.25, 0.3) is 0 Å². The van der Waals surface area contributed by atoms with Gasteiger partial charge in [-0.2, -0.15) is 0 Å². The van der Waals surface area contributed by atoms with Crippen molar-refractivity contribution in [1.29, 1.82) is 0 Å². The van der Waals surface area contributed by atoms with E-state index in [0.29, 0.717) is 5.95 Å². The van der Waals surface area contributed by atoms with E-state index in [1.54, 1.807) is 0 Å². The number of furan rings is 1. The second kappa shape index (κ2) is 14.0. The van der Waals surface area contributed by atoms with Gasteiger partial charge in [0.1, 0.15) is 11.2 Å². The SMILES string of the molecule is c1ccc(-c2cc(-c3ccccc3)nc(-n3c4ccccc4c4cc(-c5cccc6oc7ccc(-c8ccc9c(c8)c8ccccc8n9-c8ccccc8)cc7c56)ccc43)n2)cc1. The Balaban J connectivity index is 0.968. The molecule has 13 aromatic rings. The van der Waals surface area contributed by atoms with Gasteiger partial charge in [-0.1, -0.05) is 146 Å². The minimum atomic E-state index is 0.632. The van der Waals surface area contributed by atoms with Gasteiger partial charge in [0.15, 0.2) is 0 Å². The summed E-state index contributed by atoms with van der Waals surface area (Å²) in [6.07, 6.45) is 0. The van der Waals surface area contributed by atoms with Crippen LogP contribution in [-0.4, -0.2) is 19.1 Å². The number of hydrogen-bond donors (Lipinski definition) is 0. The van der Waals surface area contributed by atoms with Crippen LogP contribution in [0.5, 0.6) is 0 Å². The molecule has 294 valence electrons. The topological polar surface area (TPSA) is 48.8 Å². The molecule has 0 spiro atoms. The van der Waals surface area contributed by atoms with Crippen molar-refractivity contribution < 1.29 is 4.42 Å². The summed E-state index contributed by atoms with van der Waals surface area (Å²) < 4.78 is 11.1. The second-order valence-electron chi connectivity index (χ2n) is 16.2. The Hall–Kier alpha value is -8.54. The molecule has 0 bridgehead atoms. The Labute approximate surface area is 362 Å². The highest BCUT2D eigenvalue weighted by atomic mass is 16.3. The van der Waals surface area contributed by atoms with E-state index in [1.807, 2.05) is 12.1 Å². The third kappa shape index (κ3) is 5.64. The molecule has 63 heavy (non-hydrogen) atoms. The number of rotatable bonds is 6. The van der Waals surface area contributed by atoms with Crippen molar-refractivity contribution in [3.05, 3.63) is 218 Å². The monoisotopic (exact) mass is 804 g/mol. The van der Waals surface area contributed by atoms with Gasteiger partial charge in [0.2, 0.25) is 5.95 Å². The van der Waals surface area contributed by atoms with Gasteiger partial charge in [0.05, 0.1) is 33.5 Å². The number of fused-ring (bicyclic) bond motifs is 9. The summed E-state index contributed by atoms with van der Waals surface area (Å²) in [5.41, 5.74) is 15.7. The van der Waals surface area contributed by atoms with Crippen LogP contribution in [0.2, 0.25) is 0 Å². The Morgan fingerprint density at radius 2 is 0.825 bits per heavy atom. The summed E-state index contributed by atoms with van der Waals surface area (Å²) in [5.74, 6) is 0.632. The summed E-state index contributed by atoms with van der Waals surface area (Å²) in [6.45, 7) is 0. The average Bonchev–Trinajstić information content (AvgIpc) is 4.02. The zero-order valence-electron chi connectivity index (χ0n) is 34.0. The maximum atomic E-state index is 6.58. The lowest BCUT2D eigenvalue weighted by molar-refractivity contribution is 0.669. The quantitative estimate of drug-likeness (QED) is 0.168. The molecule has 0 saturated carbocycles. The summed E-state index contributed by atoms with van der Waals surface area (Å²) >= 11 is 0. The van der Waals surface area contributed by atoms with E-state index in [9.17, 15) is 0 Å². The maximum Gasteiger partial charge on any atom is 0.235 e. The standard InChI is InChI=1S/C58H36N4O/c1-4-15-37(16-5-1)49-36-50(38-17-6-2-7-18-38)60-58(59-49)62-52-25-13-11-22-45(52)47-35-41(28-31-54(47)62)43-23-14-26-56-57(43)48-34-40(29-32-55(48)63-56)39-27-30-53-46(33-39)44-21-10-12-24-51(44)61(53)42-19-8-3-9-20-42/h1-36H. The summed E-state index contributed by atoms with van der Waals surface area (Å²) in [5, 5.41) is 6.92. The molecule has 0 atom stereocenters. The Kier molecular flexibility index (Phi) is 7.84. The molecule has 5 heteroatoms. The van der Waals surface area contributed by atoms with Crippen LogP contribution in [0.15, 0.2) is 223 Å². The zero-order chi connectivity index (χ0) is 41.4. The first-order valence-corrected chi connectivity index (χ1v) is 21.3. The highest BCUT2D eigenvalue weighted by Gasteiger charge is 2.20. The molecule has 13 rings (SSSR count). The number of nitrogens with zero attached hydrogens (tertiary/aromatic N) is 4. The normalized spacial score (nSPS) is 11.8. The molecular weight excluding hydrogens is 769 g/mol. The van der Waals surface area contributed by atoms with Crippen LogP contribution < -0.4 is 0 Å². The van der Waals surface area contributed by atoms with E-state index >= 15 is 0 Å². The van der Waals surface area contributed by atoms with Gasteiger partial charge < -0.3 is 8.98 Å². The van der Waals surface area contributed by atoms with Crippen LogP contribution in [0.25, 0.3) is 122 Å². The fourth-order valence-corrected chi connectivity index (χ4v) is 9.66. The molecule has 5 nitrogen and oxygen atoms in total. The van der Waals surface area contributed by atoms with Gasteiger partial charge in [-0.05, 0) is 95.1 Å². The smallest absolute Gasteiger partial charge is 0.235 e. The summed E-state index contributed by atoms with van der Waals surface area (Å²) in [6, 6.07) is 77.3. The molecule has 0 unspecified atom stereocenters. The van der Waals surface area contributed by atoms with Crippen molar-refractivity contribution in [3.8, 4) is 56.4 Å². The first-order chi connectivity index (χ1) is 31.2. The number of hydrogen-bond acceptors (Lipinski definition) is 3. The molecule has 0 aliphatic rings. The van der Waals surface area contributed by atoms with Gasteiger partial charge >= 0.3 is 0 Å². The lowest BCUT2D eigenvalue weighted by Crippen LogP contribution is -2.03. The molecule has 9 aromatic carbocycles. The van der Waals surface area contributed by atoms with Crippen molar-refractivity contribution in [1.82, 2.24) is 19.1 Å². The fraction of sp³-hybridized carbons (Fsp3) is 0. The van der Waals surface area contributed by atoms with Gasteiger partial charge in [-0.25, -0.2) is 9.97 Å². The second-order valence-corrected chi connectivity index (χ2v) is 16.2. The lowest BCUT2D eigenvalue weighted by Gasteiger charge is -2.12. The van der Waals surface area contributed by atoms with E-state index in [2.05, 4.69) is 215 Å². The number of benzene rings is 9. The van der Waals surface area contributed by atoms with Crippen LogP contribution in [0.1, 0.15) is 0 Å². The van der Waals surface area contributed by atoms with Crippen LogP contribution in [0.3, 0.4) is 0 Å². The summed E-state index contributed by atoms with van der Waals surface area (Å²) in [4.78, 5) is 10.5. The third-order valence-corrected chi connectivity index (χ3v) is 12.6. The van der Waals surface area contributed by atoms with Gasteiger partial charge in [-0.15, -0.1) is 0 Å². The first kappa shape index (κ1) is 35.2. The Morgan fingerprint density at radius 3 is 1.49 bits per heavy atom. The molecule has 0 aliphatic carbocycles. The zero-order valence-corrected chi connectivity index (χ0v) is 34.0. The van der Waals surface area contributed by atoms with E-state index < -0.39 is 0 Å². The van der Waals surface area contributed by atoms with Crippen molar-refractivity contribution in [2.24, 2.45) is 0 Å². The van der Waals surface area contributed by atoms with Crippen molar-refractivity contribution >= 4 is 65.6 Å². The highest BCUT2D eigenvalue weighted by molar-refractivity contribution is 6.16. The lowest BCUT2D eigenvalue weighted by atomic mass is 9.96. The van der Waals surface area contributed by atoms with E-state index in [-0.39, 0.29) is 0 Å². The number of aromatic nitrogens is 4. The van der Waals surface area contributed by atoms with Crippen molar-refractivity contribution in [2.75, 3.05) is 0 Å². The highest BCUT2D eigenvalue weighted by Crippen LogP contribution is 2.42.